The number of likely N-dealkylation sites (tertiary alicyclic amines) is 1. The lowest BCUT2D eigenvalue weighted by Gasteiger charge is -2.56. The van der Waals surface area contributed by atoms with Crippen LogP contribution in [0.4, 0.5) is 0 Å². The van der Waals surface area contributed by atoms with Crippen LogP contribution >= 0.6 is 0 Å². The van der Waals surface area contributed by atoms with E-state index in [2.05, 4.69) is 4.90 Å². The van der Waals surface area contributed by atoms with Gasteiger partial charge in [0.15, 0.2) is 0 Å². The summed E-state index contributed by atoms with van der Waals surface area (Å²) in [6.07, 6.45) is 11.0. The Bertz CT molecular complexity index is 329. The molecule has 4 aliphatic carbocycles. The van der Waals surface area contributed by atoms with Gasteiger partial charge in [-0.3, -0.25) is 0 Å². The molecule has 0 unspecified atom stereocenters. The molecule has 120 valence electrons. The fourth-order valence-corrected chi connectivity index (χ4v) is 6.19. The van der Waals surface area contributed by atoms with Crippen molar-refractivity contribution in [1.82, 2.24) is 4.90 Å². The van der Waals surface area contributed by atoms with Crippen LogP contribution in [-0.2, 0) is 4.74 Å². The molecule has 1 heterocycles. The van der Waals surface area contributed by atoms with Gasteiger partial charge in [0.05, 0.1) is 19.3 Å². The quantitative estimate of drug-likeness (QED) is 0.817. The Morgan fingerprint density at radius 3 is 2.14 bits per heavy atom. The highest BCUT2D eigenvalue weighted by Crippen LogP contribution is 2.60. The molecule has 5 rings (SSSR count). The smallest absolute Gasteiger partial charge is 0.0900 e. The van der Waals surface area contributed by atoms with Crippen molar-refractivity contribution in [2.24, 2.45) is 23.2 Å². The van der Waals surface area contributed by atoms with Crippen molar-refractivity contribution in [1.29, 1.82) is 0 Å². The third kappa shape index (κ3) is 3.16. The van der Waals surface area contributed by atoms with Crippen LogP contribution < -0.4 is 0 Å². The van der Waals surface area contributed by atoms with Gasteiger partial charge in [-0.1, -0.05) is 0 Å². The summed E-state index contributed by atoms with van der Waals surface area (Å²) in [4.78, 5) is 2.37. The van der Waals surface area contributed by atoms with Gasteiger partial charge in [-0.2, -0.15) is 0 Å². The zero-order valence-corrected chi connectivity index (χ0v) is 13.3. The predicted octanol–water partition coefficient (Wildman–Crippen LogP) is 2.68. The van der Waals surface area contributed by atoms with Gasteiger partial charge in [-0.25, -0.2) is 0 Å². The van der Waals surface area contributed by atoms with Crippen molar-refractivity contribution in [2.45, 2.75) is 57.5 Å². The third-order valence-corrected chi connectivity index (χ3v) is 6.55. The normalized spacial score (nSPS) is 43.6. The number of aliphatic hydroxyl groups excluding tert-OH is 1. The lowest BCUT2D eigenvalue weighted by atomic mass is 9.50. The standard InChI is InChI=1S/C18H31NO2/c20-17(11-19-3-1-2-4-19)12-21-13-18-8-14-5-15(9-18)7-16(6-14)10-18/h14-17,20H,1-13H2/t14?,15?,16?,17-,18?/m1/s1. The minimum absolute atomic E-state index is 0.294. The molecule has 1 aliphatic heterocycles. The summed E-state index contributed by atoms with van der Waals surface area (Å²) < 4.78 is 6.01. The topological polar surface area (TPSA) is 32.7 Å². The van der Waals surface area contributed by atoms with Gasteiger partial charge >= 0.3 is 0 Å². The van der Waals surface area contributed by atoms with Crippen molar-refractivity contribution >= 4 is 0 Å². The first kappa shape index (κ1) is 14.5. The molecular formula is C18H31NO2. The van der Waals surface area contributed by atoms with E-state index >= 15 is 0 Å². The highest BCUT2D eigenvalue weighted by molar-refractivity contribution is 5.01. The Kier molecular flexibility index (Phi) is 4.01. The molecule has 4 saturated carbocycles. The fraction of sp³-hybridized carbons (Fsp3) is 1.00. The van der Waals surface area contributed by atoms with E-state index in [9.17, 15) is 5.11 Å². The van der Waals surface area contributed by atoms with E-state index in [4.69, 9.17) is 4.74 Å². The zero-order chi connectivity index (χ0) is 14.3. The van der Waals surface area contributed by atoms with E-state index in [1.54, 1.807) is 0 Å². The fourth-order valence-electron chi connectivity index (χ4n) is 6.19. The molecule has 4 bridgehead atoms. The van der Waals surface area contributed by atoms with Crippen molar-refractivity contribution < 1.29 is 9.84 Å². The largest absolute Gasteiger partial charge is 0.389 e. The predicted molar refractivity (Wildman–Crippen MR) is 83.1 cm³/mol. The van der Waals surface area contributed by atoms with Gasteiger partial charge in [-0.15, -0.1) is 0 Å². The minimum Gasteiger partial charge on any atom is -0.389 e. The van der Waals surface area contributed by atoms with Crippen molar-refractivity contribution in [3.8, 4) is 0 Å². The molecule has 0 radical (unpaired) electrons. The summed E-state index contributed by atoms with van der Waals surface area (Å²) in [7, 11) is 0. The maximum absolute atomic E-state index is 10.2. The number of hydrogen-bond donors (Lipinski definition) is 1. The Morgan fingerprint density at radius 2 is 1.57 bits per heavy atom. The third-order valence-electron chi connectivity index (χ3n) is 6.55. The van der Waals surface area contributed by atoms with Crippen molar-refractivity contribution in [3.05, 3.63) is 0 Å². The van der Waals surface area contributed by atoms with Gasteiger partial charge in [0, 0.05) is 6.54 Å². The molecule has 1 atom stereocenters. The monoisotopic (exact) mass is 293 g/mol. The molecule has 0 aromatic carbocycles. The molecule has 21 heavy (non-hydrogen) atoms. The molecule has 0 amide bonds. The molecule has 3 heteroatoms. The average Bonchev–Trinajstić information content (AvgIpc) is 2.89. The summed E-state index contributed by atoms with van der Waals surface area (Å²) >= 11 is 0. The molecule has 0 aromatic heterocycles. The van der Waals surface area contributed by atoms with E-state index in [0.717, 1.165) is 44.0 Å². The van der Waals surface area contributed by atoms with Crippen LogP contribution in [0.2, 0.25) is 0 Å². The number of rotatable bonds is 6. The van der Waals surface area contributed by atoms with Gasteiger partial charge in [0.2, 0.25) is 0 Å². The van der Waals surface area contributed by atoms with Crippen LogP contribution in [0.5, 0.6) is 0 Å². The number of aliphatic hydroxyl groups is 1. The second-order valence-electron chi connectivity index (χ2n) is 8.59. The van der Waals surface area contributed by atoms with E-state index in [-0.39, 0.29) is 6.10 Å². The van der Waals surface area contributed by atoms with Gasteiger partial charge in [-0.05, 0) is 87.6 Å². The maximum atomic E-state index is 10.2. The van der Waals surface area contributed by atoms with E-state index < -0.39 is 0 Å². The minimum atomic E-state index is -0.294. The van der Waals surface area contributed by atoms with Gasteiger partial charge < -0.3 is 14.7 Å². The lowest BCUT2D eigenvalue weighted by Crippen LogP contribution is -2.48. The Balaban J connectivity index is 1.23. The lowest BCUT2D eigenvalue weighted by molar-refractivity contribution is -0.106. The summed E-state index contributed by atoms with van der Waals surface area (Å²) in [6, 6.07) is 0. The first-order valence-electron chi connectivity index (χ1n) is 9.19. The van der Waals surface area contributed by atoms with Crippen molar-refractivity contribution in [2.75, 3.05) is 32.8 Å². The first-order valence-corrected chi connectivity index (χ1v) is 9.19. The summed E-state index contributed by atoms with van der Waals surface area (Å²) in [6.45, 7) is 4.57. The molecular weight excluding hydrogens is 262 g/mol. The molecule has 0 aromatic rings. The van der Waals surface area contributed by atoms with Gasteiger partial charge in [0.25, 0.3) is 0 Å². The Hall–Kier alpha value is -0.120. The first-order chi connectivity index (χ1) is 10.2. The number of β-amino-alcohol motifs (C(OH)–C–C–N with tert-alkyl or cyclic N) is 1. The van der Waals surface area contributed by atoms with E-state index in [0.29, 0.717) is 12.0 Å². The zero-order valence-electron chi connectivity index (χ0n) is 13.3. The molecule has 5 aliphatic rings. The highest BCUT2D eigenvalue weighted by atomic mass is 16.5. The van der Waals surface area contributed by atoms with Gasteiger partial charge in [0.1, 0.15) is 0 Å². The Morgan fingerprint density at radius 1 is 1.00 bits per heavy atom. The second-order valence-corrected chi connectivity index (χ2v) is 8.59. The van der Waals surface area contributed by atoms with Crippen LogP contribution in [0, 0.1) is 23.2 Å². The van der Waals surface area contributed by atoms with Crippen LogP contribution in [0.1, 0.15) is 51.4 Å². The summed E-state index contributed by atoms with van der Waals surface area (Å²) in [5.74, 6) is 2.98. The van der Waals surface area contributed by atoms with Crippen molar-refractivity contribution in [3.63, 3.8) is 0 Å². The molecule has 1 saturated heterocycles. The van der Waals surface area contributed by atoms with E-state index in [1.807, 2.05) is 0 Å². The highest BCUT2D eigenvalue weighted by Gasteiger charge is 2.50. The number of nitrogens with zero attached hydrogens (tertiary/aromatic N) is 1. The summed E-state index contributed by atoms with van der Waals surface area (Å²) in [5.41, 5.74) is 0.488. The average molecular weight is 293 g/mol. The Labute approximate surface area is 129 Å². The number of ether oxygens (including phenoxy) is 1. The maximum Gasteiger partial charge on any atom is 0.0900 e. The molecule has 0 spiro atoms. The number of hydrogen-bond acceptors (Lipinski definition) is 3. The summed E-state index contributed by atoms with van der Waals surface area (Å²) in [5, 5.41) is 10.2. The van der Waals surface area contributed by atoms with Crippen LogP contribution in [0.15, 0.2) is 0 Å². The van der Waals surface area contributed by atoms with Crippen LogP contribution in [0.25, 0.3) is 0 Å². The second kappa shape index (κ2) is 5.82. The molecule has 1 N–H and O–H groups in total. The SMILES string of the molecule is O[C@@H](COCC12CC3CC(CC(C3)C1)C2)CN1CCCC1. The molecule has 3 nitrogen and oxygen atoms in total. The molecule has 5 fully saturated rings. The van der Waals surface area contributed by atoms with Crippen LogP contribution in [0.3, 0.4) is 0 Å². The van der Waals surface area contributed by atoms with E-state index in [1.165, 1.54) is 51.4 Å². The van der Waals surface area contributed by atoms with Crippen LogP contribution in [-0.4, -0.2) is 49.0 Å².